The smallest absolute Gasteiger partial charge is 0.462 e. The molecule has 16 nitrogen and oxygen atoms in total. The van der Waals surface area contributed by atoms with Crippen molar-refractivity contribution in [3.8, 4) is 11.5 Å². The van der Waals surface area contributed by atoms with Crippen LogP contribution in [0.5, 0.6) is 11.5 Å². The largest absolute Gasteiger partial charge is 0.494 e. The van der Waals surface area contributed by atoms with Crippen LogP contribution >= 0.6 is 58.5 Å². The molecule has 4 aromatic rings. The highest BCUT2D eigenvalue weighted by Gasteiger charge is 2.52. The number of hydrogen-bond acceptors (Lipinski definition) is 15. The van der Waals surface area contributed by atoms with E-state index in [1.807, 2.05) is 6.07 Å². The van der Waals surface area contributed by atoms with Crippen molar-refractivity contribution in [1.29, 1.82) is 0 Å². The maximum Gasteiger partial charge on any atom is 0.494 e. The van der Waals surface area contributed by atoms with Crippen molar-refractivity contribution in [3.63, 3.8) is 0 Å². The maximum absolute atomic E-state index is 13.3. The van der Waals surface area contributed by atoms with E-state index in [2.05, 4.69) is 121 Å². The van der Waals surface area contributed by atoms with Crippen molar-refractivity contribution in [2.45, 2.75) is 150 Å². The Morgan fingerprint density at radius 1 is 0.590 bits per heavy atom. The molecule has 25 heteroatoms. The second-order valence-corrected chi connectivity index (χ2v) is 30.1. The Kier molecular flexibility index (Phi) is 22.0. The van der Waals surface area contributed by atoms with E-state index in [0.29, 0.717) is 39.5 Å². The molecule has 4 aromatic carbocycles. The molecular formula is C58H75BBr3ClF2N4O12S2. The molecule has 2 aliphatic carbocycles. The molecule has 0 unspecified atom stereocenters. The maximum atomic E-state index is 13.3. The van der Waals surface area contributed by atoms with Crippen molar-refractivity contribution < 1.29 is 63.3 Å². The van der Waals surface area contributed by atoms with Gasteiger partial charge in [-0.3, -0.25) is 9.80 Å². The standard InChI is InChI=1S/C22H32BNO4.C16H20BrNO2.C10H11BrFNO3S.C6H3BrClFO2S.C4H9NO/c1-20(2)21(3,4)28-23(27-20)17-8-9-19-16(14-17)15-25-22(26-19)10-12-24(13-11-22)18-6-5-7-18;17-13-4-5-15-12(10-13)11-19-16(20-15)6-8-18(9-7-16)14-2-1-3-14;11-9-2-1-8(7-10(9)12)17(14,15)13-3-5-16-6-4-13;7-5-2-1-4(3-6(5)9)12(8,10)11;1-3-6-4-2-5-1/h8-9,14,18H,5-7,10-13,15H2,1-4H3;4-5,10,14H,1-3,6-9,11H2;1-2,7H,3-6H2;1-3H;5H,1-4H2. The number of benzene rings is 4. The molecule has 0 aromatic heterocycles. The third kappa shape index (κ3) is 16.5. The average molecular weight is 1410 g/mol. The molecule has 0 atom stereocenters. The lowest BCUT2D eigenvalue weighted by molar-refractivity contribution is -0.231. The Labute approximate surface area is 518 Å². The highest BCUT2D eigenvalue weighted by molar-refractivity contribution is 9.11. The van der Waals surface area contributed by atoms with Gasteiger partial charge in [0.25, 0.3) is 9.05 Å². The van der Waals surface area contributed by atoms with Gasteiger partial charge in [-0.25, -0.2) is 25.6 Å². The van der Waals surface area contributed by atoms with Crippen LogP contribution in [0.1, 0.15) is 103 Å². The van der Waals surface area contributed by atoms with Gasteiger partial charge >= 0.3 is 7.12 Å². The predicted octanol–water partition coefficient (Wildman–Crippen LogP) is 10.7. The van der Waals surface area contributed by atoms with Crippen LogP contribution in [-0.4, -0.2) is 152 Å². The number of rotatable bonds is 6. The molecular weight excluding hydrogens is 1330 g/mol. The number of sulfonamides is 1. The van der Waals surface area contributed by atoms with Crippen LogP contribution in [0.4, 0.5) is 8.78 Å². The fourth-order valence-corrected chi connectivity index (χ4v) is 13.8. The molecule has 2 spiro atoms. The second kappa shape index (κ2) is 28.0. The highest BCUT2D eigenvalue weighted by atomic mass is 79.9. The van der Waals surface area contributed by atoms with Crippen molar-refractivity contribution in [2.24, 2.45) is 0 Å². The third-order valence-electron chi connectivity index (χ3n) is 17.0. The van der Waals surface area contributed by atoms with Crippen LogP contribution in [0, 0.1) is 11.6 Å². The molecule has 0 radical (unpaired) electrons. The monoisotopic (exact) mass is 1400 g/mol. The summed E-state index contributed by atoms with van der Waals surface area (Å²) < 4.78 is 122. The molecule has 0 amide bonds. The lowest BCUT2D eigenvalue weighted by Gasteiger charge is -2.47. The molecule has 2 saturated carbocycles. The highest BCUT2D eigenvalue weighted by Crippen LogP contribution is 2.42. The molecule has 5 saturated heterocycles. The Hall–Kier alpha value is -2.37. The van der Waals surface area contributed by atoms with Gasteiger partial charge < -0.3 is 43.0 Å². The first-order valence-corrected chi connectivity index (χ1v) is 34.7. The van der Waals surface area contributed by atoms with E-state index in [-0.39, 0.29) is 42.8 Å². The van der Waals surface area contributed by atoms with Crippen molar-refractivity contribution in [1.82, 2.24) is 19.4 Å². The van der Waals surface area contributed by atoms with Crippen LogP contribution in [-0.2, 0) is 60.5 Å². The summed E-state index contributed by atoms with van der Waals surface area (Å²) in [5, 5.41) is 3.16. The third-order valence-corrected chi connectivity index (χ3v) is 22.1. The average Bonchev–Trinajstić information content (AvgIpc) is 3.41. The number of fused-ring (bicyclic) bond motifs is 2. The minimum absolute atomic E-state index is 0.0277. The number of nitrogens with one attached hydrogen (secondary N) is 1. The van der Waals surface area contributed by atoms with Gasteiger partial charge in [-0.1, -0.05) is 40.9 Å². The number of hydrogen-bond donors (Lipinski definition) is 1. The second-order valence-electron chi connectivity index (χ2n) is 23.0. The number of halogens is 6. The Bertz CT molecular complexity index is 3060. The first-order chi connectivity index (χ1) is 39.4. The van der Waals surface area contributed by atoms with E-state index in [0.717, 1.165) is 135 Å². The summed E-state index contributed by atoms with van der Waals surface area (Å²) in [5.41, 5.74) is 2.59. The van der Waals surface area contributed by atoms with E-state index in [9.17, 15) is 25.6 Å². The number of nitrogens with zero attached hydrogens (tertiary/aromatic N) is 3. The van der Waals surface area contributed by atoms with Crippen LogP contribution < -0.4 is 20.3 Å². The van der Waals surface area contributed by atoms with Crippen LogP contribution in [0.2, 0.25) is 0 Å². The minimum Gasteiger partial charge on any atom is -0.462 e. The van der Waals surface area contributed by atoms with Crippen LogP contribution in [0.15, 0.2) is 96.0 Å². The summed E-state index contributed by atoms with van der Waals surface area (Å²) in [5.74, 6) is -0.114. The van der Waals surface area contributed by atoms with E-state index < -0.39 is 36.5 Å². The predicted molar refractivity (Wildman–Crippen MR) is 324 cm³/mol. The summed E-state index contributed by atoms with van der Waals surface area (Å²) in [6.45, 7) is 19.1. The number of piperidine rings is 2. The molecule has 0 bridgehead atoms. The van der Waals surface area contributed by atoms with Gasteiger partial charge in [0.15, 0.2) is 0 Å². The molecule has 7 heterocycles. The molecule has 7 aliphatic heterocycles. The Morgan fingerprint density at radius 2 is 1.05 bits per heavy atom. The van der Waals surface area contributed by atoms with E-state index in [1.165, 1.54) is 67.1 Å². The van der Waals surface area contributed by atoms with Crippen LogP contribution in [0.3, 0.4) is 0 Å². The first-order valence-electron chi connectivity index (χ1n) is 28.6. The van der Waals surface area contributed by atoms with Gasteiger partial charge in [-0.05, 0) is 151 Å². The zero-order valence-electron chi connectivity index (χ0n) is 47.5. The lowest BCUT2D eigenvalue weighted by Crippen LogP contribution is -2.54. The Morgan fingerprint density at radius 3 is 1.48 bits per heavy atom. The lowest BCUT2D eigenvalue weighted by atomic mass is 9.78. The molecule has 1 N–H and O–H groups in total. The summed E-state index contributed by atoms with van der Waals surface area (Å²) in [6, 6.07) is 21.2. The van der Waals surface area contributed by atoms with E-state index >= 15 is 0 Å². The molecule has 13 rings (SSSR count). The minimum atomic E-state index is -3.83. The normalized spacial score (nSPS) is 23.0. The van der Waals surface area contributed by atoms with E-state index in [4.69, 9.17) is 48.4 Å². The van der Waals surface area contributed by atoms with Gasteiger partial charge in [0.05, 0.1) is 69.6 Å². The van der Waals surface area contributed by atoms with Crippen LogP contribution in [0.25, 0.3) is 0 Å². The summed E-state index contributed by atoms with van der Waals surface area (Å²) in [4.78, 5) is 4.97. The van der Waals surface area contributed by atoms with Crippen molar-refractivity contribution in [2.75, 3.05) is 78.8 Å². The number of likely N-dealkylation sites (tertiary alicyclic amines) is 2. The first kappa shape index (κ1) is 65.1. The zero-order chi connectivity index (χ0) is 59.2. The molecule has 7 fully saturated rings. The quantitative estimate of drug-likeness (QED) is 0.143. The van der Waals surface area contributed by atoms with Gasteiger partial charge in [-0.15, -0.1) is 0 Å². The van der Waals surface area contributed by atoms with Gasteiger partial charge in [0, 0.05) is 116 Å². The molecule has 9 aliphatic rings. The van der Waals surface area contributed by atoms with Gasteiger partial charge in [0.1, 0.15) is 23.1 Å². The fraction of sp³-hybridized carbons (Fsp3) is 0.586. The Balaban J connectivity index is 0.000000133. The molecule has 456 valence electrons. The topological polar surface area (TPSA) is 164 Å². The zero-order valence-corrected chi connectivity index (χ0v) is 54.6. The number of morpholine rings is 2. The number of ether oxygens (including phenoxy) is 6. The van der Waals surface area contributed by atoms with Crippen molar-refractivity contribution in [3.05, 3.63) is 109 Å². The summed E-state index contributed by atoms with van der Waals surface area (Å²) in [7, 11) is -2.82. The summed E-state index contributed by atoms with van der Waals surface area (Å²) >= 11 is 9.37. The van der Waals surface area contributed by atoms with Gasteiger partial charge in [-0.2, -0.15) is 4.31 Å². The summed E-state index contributed by atoms with van der Waals surface area (Å²) in [6.07, 6.45) is 12.1. The molecule has 83 heavy (non-hydrogen) atoms. The SMILES string of the molecule is Brc1ccc2c(c1)COC1(CCN(C3CCC3)CC1)O2.C1COCCN1.CC1(C)OB(c2ccc3c(c2)COC2(CCN(C4CCC4)CC2)O3)OC1(C)C.O=S(=O)(Cl)c1ccc(Br)c(F)c1.O=S(=O)(c1ccc(Br)c(F)c1)N1CCOCC1. The van der Waals surface area contributed by atoms with Crippen molar-refractivity contribution >= 4 is 90.1 Å². The van der Waals surface area contributed by atoms with E-state index in [1.54, 1.807) is 0 Å². The fourth-order valence-electron chi connectivity index (χ4n) is 10.7. The van der Waals surface area contributed by atoms with Gasteiger partial charge in [0.2, 0.25) is 21.6 Å².